The molecule has 22 heavy (non-hydrogen) atoms. The molecule has 0 aliphatic carbocycles. The Kier molecular flexibility index (Phi) is 6.43. The Hall–Kier alpha value is -1.36. The first-order chi connectivity index (χ1) is 10.6. The van der Waals surface area contributed by atoms with Gasteiger partial charge in [-0.3, -0.25) is 10.1 Å². The van der Waals surface area contributed by atoms with Gasteiger partial charge in [0.2, 0.25) is 5.91 Å². The van der Waals surface area contributed by atoms with E-state index in [9.17, 15) is 4.79 Å². The minimum Gasteiger partial charge on any atom is -0.354 e. The molecule has 2 atom stereocenters. The van der Waals surface area contributed by atoms with Crippen molar-refractivity contribution in [1.82, 2.24) is 10.6 Å². The Bertz CT molecular complexity index is 600. The average Bonchev–Trinajstić information content (AvgIpc) is 3.00. The van der Waals surface area contributed by atoms with Crippen LogP contribution in [0.25, 0.3) is 0 Å². The largest absolute Gasteiger partial charge is 0.354 e. The minimum atomic E-state index is -0.252. The molecule has 2 unspecified atom stereocenters. The Morgan fingerprint density at radius 2 is 2.09 bits per heavy atom. The highest BCUT2D eigenvalue weighted by Crippen LogP contribution is 2.17. The van der Waals surface area contributed by atoms with E-state index in [0.717, 1.165) is 12.0 Å². The minimum absolute atomic E-state index is 0.0189. The van der Waals surface area contributed by atoms with Gasteiger partial charge in [0.1, 0.15) is 0 Å². The number of amides is 1. The highest BCUT2D eigenvalue weighted by molar-refractivity contribution is 7.09. The molecule has 0 spiro atoms. The smallest absolute Gasteiger partial charge is 0.236 e. The quantitative estimate of drug-likeness (QED) is 0.807. The van der Waals surface area contributed by atoms with Gasteiger partial charge in [-0.25, -0.2) is 0 Å². The van der Waals surface area contributed by atoms with Crippen LogP contribution in [-0.4, -0.2) is 18.5 Å². The molecule has 118 valence electrons. The number of hydrogen-bond donors (Lipinski definition) is 2. The van der Waals surface area contributed by atoms with E-state index in [1.165, 1.54) is 4.88 Å². The summed E-state index contributed by atoms with van der Waals surface area (Å²) in [5.41, 5.74) is 1.07. The predicted molar refractivity (Wildman–Crippen MR) is 93.5 cm³/mol. The number of rotatable bonds is 7. The zero-order valence-corrected chi connectivity index (χ0v) is 14.4. The summed E-state index contributed by atoms with van der Waals surface area (Å²) in [7, 11) is 0. The fourth-order valence-corrected chi connectivity index (χ4v) is 3.15. The highest BCUT2D eigenvalue weighted by atomic mass is 35.5. The van der Waals surface area contributed by atoms with Crippen molar-refractivity contribution in [1.29, 1.82) is 0 Å². The van der Waals surface area contributed by atoms with Crippen LogP contribution in [-0.2, 0) is 11.2 Å². The summed E-state index contributed by atoms with van der Waals surface area (Å²) in [5.74, 6) is 0.0189. The van der Waals surface area contributed by atoms with Crippen LogP contribution >= 0.6 is 22.9 Å². The number of benzene rings is 1. The third kappa shape index (κ3) is 5.13. The van der Waals surface area contributed by atoms with Gasteiger partial charge in [-0.1, -0.05) is 29.8 Å². The summed E-state index contributed by atoms with van der Waals surface area (Å²) in [6.45, 7) is 4.57. The van der Waals surface area contributed by atoms with Crippen LogP contribution in [0.4, 0.5) is 0 Å². The highest BCUT2D eigenvalue weighted by Gasteiger charge is 2.16. The first-order valence-electron chi connectivity index (χ1n) is 7.38. The molecule has 1 amide bonds. The van der Waals surface area contributed by atoms with Gasteiger partial charge in [0.15, 0.2) is 0 Å². The fourth-order valence-electron chi connectivity index (χ4n) is 2.24. The summed E-state index contributed by atoms with van der Waals surface area (Å²) in [6.07, 6.45) is 0.875. The zero-order chi connectivity index (χ0) is 15.9. The van der Waals surface area contributed by atoms with Crippen LogP contribution in [0.1, 0.15) is 30.3 Å². The second-order valence-corrected chi connectivity index (χ2v) is 6.75. The molecular formula is C17H21ClN2OS. The maximum Gasteiger partial charge on any atom is 0.236 e. The van der Waals surface area contributed by atoms with Gasteiger partial charge in [-0.05, 0) is 49.4 Å². The Balaban J connectivity index is 1.78. The number of thiophene rings is 1. The van der Waals surface area contributed by atoms with Crippen molar-refractivity contribution in [2.24, 2.45) is 0 Å². The molecule has 0 bridgehead atoms. The fraction of sp³-hybridized carbons (Fsp3) is 0.353. The van der Waals surface area contributed by atoms with Crippen LogP contribution in [0.15, 0.2) is 41.8 Å². The number of carbonyl (C=O) groups excluding carboxylic acids is 1. The normalized spacial score (nSPS) is 13.6. The number of carbonyl (C=O) groups is 1. The van der Waals surface area contributed by atoms with E-state index >= 15 is 0 Å². The van der Waals surface area contributed by atoms with Crippen LogP contribution in [0.3, 0.4) is 0 Å². The van der Waals surface area contributed by atoms with Crippen LogP contribution in [0.2, 0.25) is 5.02 Å². The molecule has 0 saturated heterocycles. The topological polar surface area (TPSA) is 41.1 Å². The lowest BCUT2D eigenvalue weighted by atomic mass is 10.1. The summed E-state index contributed by atoms with van der Waals surface area (Å²) < 4.78 is 0. The molecular weight excluding hydrogens is 316 g/mol. The molecule has 1 heterocycles. The van der Waals surface area contributed by atoms with Crippen LogP contribution < -0.4 is 10.6 Å². The van der Waals surface area contributed by atoms with Gasteiger partial charge in [0.05, 0.1) is 6.04 Å². The third-order valence-electron chi connectivity index (χ3n) is 3.49. The van der Waals surface area contributed by atoms with Crippen molar-refractivity contribution in [3.8, 4) is 0 Å². The predicted octanol–water partition coefficient (Wildman–Crippen LogP) is 3.80. The van der Waals surface area contributed by atoms with Crippen molar-refractivity contribution >= 4 is 28.8 Å². The van der Waals surface area contributed by atoms with Gasteiger partial charge in [0, 0.05) is 22.5 Å². The summed E-state index contributed by atoms with van der Waals surface area (Å²) in [5, 5.41) is 9.02. The molecule has 0 saturated carbocycles. The molecule has 1 aromatic carbocycles. The molecule has 0 aliphatic rings. The van der Waals surface area contributed by atoms with Crippen molar-refractivity contribution in [2.75, 3.05) is 6.54 Å². The van der Waals surface area contributed by atoms with Gasteiger partial charge in [-0.2, -0.15) is 0 Å². The second kappa shape index (κ2) is 8.32. The zero-order valence-electron chi connectivity index (χ0n) is 12.8. The molecule has 0 aliphatic heterocycles. The van der Waals surface area contributed by atoms with Gasteiger partial charge in [-0.15, -0.1) is 11.3 Å². The lowest BCUT2D eigenvalue weighted by molar-refractivity contribution is -0.122. The standard InChI is InChI=1S/C17H21ClN2OS/c1-12(14-5-3-6-15(18)11-14)20-13(2)17(21)19-9-8-16-7-4-10-22-16/h3-7,10-13,20H,8-9H2,1-2H3,(H,19,21). The summed E-state index contributed by atoms with van der Waals surface area (Å²) in [6, 6.07) is 11.6. The van der Waals surface area contributed by atoms with Crippen molar-refractivity contribution in [2.45, 2.75) is 32.4 Å². The third-order valence-corrected chi connectivity index (χ3v) is 4.66. The van der Waals surface area contributed by atoms with Gasteiger partial charge >= 0.3 is 0 Å². The van der Waals surface area contributed by atoms with Gasteiger partial charge in [0.25, 0.3) is 0 Å². The lowest BCUT2D eigenvalue weighted by Crippen LogP contribution is -2.43. The molecule has 3 nitrogen and oxygen atoms in total. The molecule has 2 N–H and O–H groups in total. The van der Waals surface area contributed by atoms with Crippen molar-refractivity contribution < 1.29 is 4.79 Å². The first kappa shape index (κ1) is 17.0. The number of nitrogens with one attached hydrogen (secondary N) is 2. The monoisotopic (exact) mass is 336 g/mol. The molecule has 2 aromatic rings. The Morgan fingerprint density at radius 1 is 1.27 bits per heavy atom. The molecule has 0 radical (unpaired) electrons. The van der Waals surface area contributed by atoms with Crippen molar-refractivity contribution in [3.63, 3.8) is 0 Å². The van der Waals surface area contributed by atoms with E-state index in [0.29, 0.717) is 11.6 Å². The average molecular weight is 337 g/mol. The van der Waals surface area contributed by atoms with E-state index in [1.807, 2.05) is 49.6 Å². The molecule has 0 fully saturated rings. The van der Waals surface area contributed by atoms with Crippen LogP contribution in [0, 0.1) is 0 Å². The SMILES string of the molecule is CC(NC(C)c1cccc(Cl)c1)C(=O)NCCc1cccs1. The van der Waals surface area contributed by atoms with E-state index in [-0.39, 0.29) is 18.0 Å². The Morgan fingerprint density at radius 3 is 2.77 bits per heavy atom. The maximum atomic E-state index is 12.1. The maximum absolute atomic E-state index is 12.1. The number of halogens is 1. The van der Waals surface area contributed by atoms with E-state index in [2.05, 4.69) is 16.7 Å². The summed E-state index contributed by atoms with van der Waals surface area (Å²) >= 11 is 7.71. The lowest BCUT2D eigenvalue weighted by Gasteiger charge is -2.20. The number of hydrogen-bond acceptors (Lipinski definition) is 3. The first-order valence-corrected chi connectivity index (χ1v) is 8.63. The molecule has 5 heteroatoms. The van der Waals surface area contributed by atoms with E-state index in [1.54, 1.807) is 11.3 Å². The molecule has 1 aromatic heterocycles. The van der Waals surface area contributed by atoms with E-state index in [4.69, 9.17) is 11.6 Å². The van der Waals surface area contributed by atoms with E-state index < -0.39 is 0 Å². The molecule has 2 rings (SSSR count). The summed E-state index contributed by atoms with van der Waals surface area (Å²) in [4.78, 5) is 13.4. The van der Waals surface area contributed by atoms with Crippen molar-refractivity contribution in [3.05, 3.63) is 57.2 Å². The second-order valence-electron chi connectivity index (χ2n) is 5.29. The van der Waals surface area contributed by atoms with Gasteiger partial charge < -0.3 is 5.32 Å². The Labute approximate surface area is 140 Å². The van der Waals surface area contributed by atoms with Crippen LogP contribution in [0.5, 0.6) is 0 Å².